The lowest BCUT2D eigenvalue weighted by molar-refractivity contribution is 0.246. The van der Waals surface area contributed by atoms with Gasteiger partial charge in [-0.3, -0.25) is 4.68 Å². The van der Waals surface area contributed by atoms with Gasteiger partial charge in [0.2, 0.25) is 0 Å². The van der Waals surface area contributed by atoms with E-state index in [4.69, 9.17) is 5.11 Å². The highest BCUT2D eigenvalue weighted by Gasteiger charge is 2.18. The van der Waals surface area contributed by atoms with Crippen molar-refractivity contribution in [1.82, 2.24) is 15.1 Å². The van der Waals surface area contributed by atoms with Gasteiger partial charge in [-0.05, 0) is 12.8 Å². The van der Waals surface area contributed by atoms with Crippen LogP contribution in [0.15, 0.2) is 18.3 Å². The van der Waals surface area contributed by atoms with Gasteiger partial charge >= 0.3 is 0 Å². The first kappa shape index (κ1) is 12.3. The zero-order valence-electron chi connectivity index (χ0n) is 10.6. The summed E-state index contributed by atoms with van der Waals surface area (Å²) in [5.41, 5.74) is 2.44. The minimum atomic E-state index is 0.252. The molecule has 0 fully saturated rings. The Morgan fingerprint density at radius 3 is 3.00 bits per heavy atom. The summed E-state index contributed by atoms with van der Waals surface area (Å²) in [6, 6.07) is 0.386. The fourth-order valence-electron chi connectivity index (χ4n) is 2.33. The van der Waals surface area contributed by atoms with E-state index < -0.39 is 0 Å². The number of aliphatic hydroxyl groups excluding tert-OH is 1. The third-order valence-electron chi connectivity index (χ3n) is 3.29. The number of aliphatic hydroxyl groups is 1. The number of rotatable bonds is 5. The van der Waals surface area contributed by atoms with Gasteiger partial charge in [0.1, 0.15) is 0 Å². The number of aryl methyl sites for hydroxylation is 2. The van der Waals surface area contributed by atoms with Crippen LogP contribution in [0, 0.1) is 5.92 Å². The van der Waals surface area contributed by atoms with E-state index in [1.54, 1.807) is 0 Å². The Hall–Kier alpha value is -1.13. The van der Waals surface area contributed by atoms with Gasteiger partial charge in [-0.2, -0.15) is 5.10 Å². The lowest BCUT2D eigenvalue weighted by atomic mass is 10.1. The molecule has 1 aliphatic carbocycles. The number of nitrogens with one attached hydrogen (secondary N) is 1. The summed E-state index contributed by atoms with van der Waals surface area (Å²) in [4.78, 5) is 0. The summed E-state index contributed by atoms with van der Waals surface area (Å²) in [7, 11) is 1.96. The Morgan fingerprint density at radius 2 is 2.35 bits per heavy atom. The largest absolute Gasteiger partial charge is 0.396 e. The highest BCUT2D eigenvalue weighted by Crippen LogP contribution is 2.17. The van der Waals surface area contributed by atoms with Crippen LogP contribution in [-0.4, -0.2) is 27.5 Å². The van der Waals surface area contributed by atoms with Gasteiger partial charge in [0.05, 0.1) is 5.69 Å². The van der Waals surface area contributed by atoms with Crippen LogP contribution in [0.25, 0.3) is 0 Å². The minimum Gasteiger partial charge on any atom is -0.396 e. The molecule has 0 unspecified atom stereocenters. The van der Waals surface area contributed by atoms with Crippen molar-refractivity contribution in [3.63, 3.8) is 0 Å². The fraction of sp³-hybridized carbons (Fsp3) is 0.615. The number of nitrogens with zero attached hydrogens (tertiary/aromatic N) is 2. The Morgan fingerprint density at radius 1 is 1.53 bits per heavy atom. The normalized spacial score (nSPS) is 23.5. The molecular weight excluding hydrogens is 214 g/mol. The van der Waals surface area contributed by atoms with Crippen LogP contribution in [0.5, 0.6) is 0 Å². The molecule has 1 aliphatic rings. The van der Waals surface area contributed by atoms with E-state index in [2.05, 4.69) is 35.7 Å². The second kappa shape index (κ2) is 5.47. The second-order valence-electron chi connectivity index (χ2n) is 4.68. The Kier molecular flexibility index (Phi) is 3.97. The van der Waals surface area contributed by atoms with E-state index in [-0.39, 0.29) is 6.61 Å². The summed E-state index contributed by atoms with van der Waals surface area (Å²) < 4.78 is 1.87. The van der Waals surface area contributed by atoms with Gasteiger partial charge in [-0.15, -0.1) is 0 Å². The first-order valence-corrected chi connectivity index (χ1v) is 6.27. The van der Waals surface area contributed by atoms with Gasteiger partial charge in [-0.1, -0.05) is 19.1 Å². The van der Waals surface area contributed by atoms with Crippen molar-refractivity contribution >= 4 is 0 Å². The van der Waals surface area contributed by atoms with Crippen LogP contribution in [-0.2, 0) is 20.0 Å². The van der Waals surface area contributed by atoms with Gasteiger partial charge in [0.15, 0.2) is 0 Å². The molecule has 0 aliphatic heterocycles. The third-order valence-corrected chi connectivity index (χ3v) is 3.29. The maximum Gasteiger partial charge on any atom is 0.0666 e. The van der Waals surface area contributed by atoms with E-state index in [1.165, 1.54) is 11.3 Å². The van der Waals surface area contributed by atoms with Crippen LogP contribution < -0.4 is 5.32 Å². The van der Waals surface area contributed by atoms with Crippen molar-refractivity contribution in [3.8, 4) is 0 Å². The molecule has 0 spiro atoms. The maximum absolute atomic E-state index is 9.06. The Bertz CT molecular complexity index is 397. The number of hydrogen-bond donors (Lipinski definition) is 2. The highest BCUT2D eigenvalue weighted by atomic mass is 16.3. The van der Waals surface area contributed by atoms with Crippen LogP contribution in [0.3, 0.4) is 0 Å². The molecule has 0 aromatic carbocycles. The van der Waals surface area contributed by atoms with Crippen molar-refractivity contribution in [2.24, 2.45) is 13.0 Å². The molecule has 2 rings (SSSR count). The SMILES string of the molecule is CCc1nn(C)cc1CN[C@@H]1C=C[C@H](CO)C1. The monoisotopic (exact) mass is 235 g/mol. The molecule has 4 heteroatoms. The van der Waals surface area contributed by atoms with Crippen LogP contribution in [0.4, 0.5) is 0 Å². The van der Waals surface area contributed by atoms with Gasteiger partial charge in [-0.25, -0.2) is 0 Å². The molecule has 0 saturated carbocycles. The van der Waals surface area contributed by atoms with E-state index in [0.29, 0.717) is 12.0 Å². The smallest absolute Gasteiger partial charge is 0.0666 e. The van der Waals surface area contributed by atoms with Gasteiger partial charge in [0.25, 0.3) is 0 Å². The first-order valence-electron chi connectivity index (χ1n) is 6.27. The summed E-state index contributed by atoms with van der Waals surface area (Å²) in [5.74, 6) is 0.326. The molecule has 2 N–H and O–H groups in total. The predicted molar refractivity (Wildman–Crippen MR) is 67.5 cm³/mol. The van der Waals surface area contributed by atoms with E-state index in [0.717, 1.165) is 19.4 Å². The van der Waals surface area contributed by atoms with Crippen molar-refractivity contribution in [1.29, 1.82) is 0 Å². The zero-order valence-corrected chi connectivity index (χ0v) is 10.6. The predicted octanol–water partition coefficient (Wildman–Crippen LogP) is 1.01. The Labute approximate surface area is 102 Å². The average molecular weight is 235 g/mol. The lowest BCUT2D eigenvalue weighted by Crippen LogP contribution is -2.26. The van der Waals surface area contributed by atoms with E-state index in [9.17, 15) is 0 Å². The van der Waals surface area contributed by atoms with Crippen molar-refractivity contribution in [3.05, 3.63) is 29.6 Å². The molecule has 1 aromatic heterocycles. The first-order chi connectivity index (χ1) is 8.22. The maximum atomic E-state index is 9.06. The minimum absolute atomic E-state index is 0.252. The van der Waals surface area contributed by atoms with Gasteiger partial charge in [0, 0.05) is 43.9 Å². The standard InChI is InChI=1S/C13H21N3O/c1-3-13-11(8-16(2)15-13)7-14-12-5-4-10(6-12)9-17/h4-5,8,10,12,14,17H,3,6-7,9H2,1-2H3/t10-,12+/m0/s1. The van der Waals surface area contributed by atoms with E-state index >= 15 is 0 Å². The Balaban J connectivity index is 1.88. The molecule has 2 atom stereocenters. The molecule has 0 bridgehead atoms. The van der Waals surface area contributed by atoms with Crippen LogP contribution >= 0.6 is 0 Å². The lowest BCUT2D eigenvalue weighted by Gasteiger charge is -2.12. The second-order valence-corrected chi connectivity index (χ2v) is 4.68. The molecule has 4 nitrogen and oxygen atoms in total. The molecule has 0 saturated heterocycles. The topological polar surface area (TPSA) is 50.1 Å². The molecule has 17 heavy (non-hydrogen) atoms. The third kappa shape index (κ3) is 2.96. The molecule has 0 amide bonds. The number of hydrogen-bond acceptors (Lipinski definition) is 3. The molecule has 0 radical (unpaired) electrons. The highest BCUT2D eigenvalue weighted by molar-refractivity contribution is 5.17. The summed E-state index contributed by atoms with van der Waals surface area (Å²) in [6.45, 7) is 3.23. The van der Waals surface area contributed by atoms with Crippen LogP contribution in [0.2, 0.25) is 0 Å². The molecule has 1 aromatic rings. The molecule has 1 heterocycles. The van der Waals surface area contributed by atoms with Crippen molar-refractivity contribution in [2.45, 2.75) is 32.4 Å². The fourth-order valence-corrected chi connectivity index (χ4v) is 2.33. The van der Waals surface area contributed by atoms with E-state index in [1.807, 2.05) is 11.7 Å². The zero-order chi connectivity index (χ0) is 12.3. The molecular formula is C13H21N3O. The summed E-state index contributed by atoms with van der Waals surface area (Å²) in [6.07, 6.45) is 8.30. The quantitative estimate of drug-likeness (QED) is 0.749. The average Bonchev–Trinajstić information content (AvgIpc) is 2.92. The number of aromatic nitrogens is 2. The molecule has 94 valence electrons. The van der Waals surface area contributed by atoms with Gasteiger partial charge < -0.3 is 10.4 Å². The summed E-state index contributed by atoms with van der Waals surface area (Å²) in [5, 5.41) is 17.0. The van der Waals surface area contributed by atoms with Crippen molar-refractivity contribution in [2.75, 3.05) is 6.61 Å². The van der Waals surface area contributed by atoms with Crippen LogP contribution in [0.1, 0.15) is 24.6 Å². The summed E-state index contributed by atoms with van der Waals surface area (Å²) >= 11 is 0. The van der Waals surface area contributed by atoms with Crippen molar-refractivity contribution < 1.29 is 5.11 Å².